The molecule has 0 saturated carbocycles. The summed E-state index contributed by atoms with van der Waals surface area (Å²) in [7, 11) is 3.10. The molecule has 3 aromatic carbocycles. The van der Waals surface area contributed by atoms with Gasteiger partial charge in [-0.1, -0.05) is 36.4 Å². The largest absolute Gasteiger partial charge is 0.497 e. The van der Waals surface area contributed by atoms with Crippen LogP contribution in [0.15, 0.2) is 83.7 Å². The topological polar surface area (TPSA) is 82.4 Å². The quantitative estimate of drug-likeness (QED) is 0.477. The summed E-state index contributed by atoms with van der Waals surface area (Å²) in [5.74, 6) is 1.02. The molecular weight excluding hydrogens is 418 g/mol. The Balaban J connectivity index is 1.95. The highest BCUT2D eigenvalue weighted by atomic mass is 16.5. The number of hydrogen-bond donors (Lipinski definition) is 1. The molecule has 0 saturated heterocycles. The van der Waals surface area contributed by atoms with Crippen molar-refractivity contribution in [2.75, 3.05) is 19.5 Å². The molecule has 0 aliphatic carbocycles. The molecule has 166 valence electrons. The Morgan fingerprint density at radius 1 is 0.879 bits per heavy atom. The molecule has 1 aromatic heterocycles. The number of aryl methyl sites for hydroxylation is 1. The van der Waals surface area contributed by atoms with Crippen LogP contribution in [0.4, 0.5) is 5.82 Å². The van der Waals surface area contributed by atoms with Gasteiger partial charge in [0.2, 0.25) is 5.43 Å². The molecule has 1 heterocycles. The third-order valence-corrected chi connectivity index (χ3v) is 5.22. The normalized spacial score (nSPS) is 10.5. The van der Waals surface area contributed by atoms with Crippen molar-refractivity contribution in [3.05, 3.63) is 100 Å². The molecule has 0 aliphatic rings. The van der Waals surface area contributed by atoms with Gasteiger partial charge in [-0.2, -0.15) is 5.10 Å². The van der Waals surface area contributed by atoms with Gasteiger partial charge in [0.05, 0.1) is 25.5 Å². The van der Waals surface area contributed by atoms with E-state index in [1.165, 1.54) is 7.11 Å². The summed E-state index contributed by atoms with van der Waals surface area (Å²) in [4.78, 5) is 26.5. The van der Waals surface area contributed by atoms with Crippen LogP contribution < -0.4 is 20.2 Å². The molecule has 7 heteroatoms. The Bertz CT molecular complexity index is 1350. The molecule has 0 spiro atoms. The number of hydrogen-bond acceptors (Lipinski definition) is 5. The number of para-hydroxylation sites is 2. The highest BCUT2D eigenvalue weighted by Gasteiger charge is 2.23. The van der Waals surface area contributed by atoms with Crippen LogP contribution in [-0.4, -0.2) is 29.9 Å². The van der Waals surface area contributed by atoms with Crippen LogP contribution in [0.1, 0.15) is 16.1 Å². The van der Waals surface area contributed by atoms with Gasteiger partial charge in [0.25, 0.3) is 5.91 Å². The van der Waals surface area contributed by atoms with E-state index in [2.05, 4.69) is 10.4 Å². The van der Waals surface area contributed by atoms with Crippen LogP contribution in [0.25, 0.3) is 16.8 Å². The van der Waals surface area contributed by atoms with E-state index in [0.717, 1.165) is 0 Å². The number of nitrogens with zero attached hydrogens (tertiary/aromatic N) is 2. The lowest BCUT2D eigenvalue weighted by Crippen LogP contribution is -2.25. The van der Waals surface area contributed by atoms with Crippen molar-refractivity contribution in [2.45, 2.75) is 6.92 Å². The first kappa shape index (κ1) is 21.8. The zero-order valence-corrected chi connectivity index (χ0v) is 18.5. The van der Waals surface area contributed by atoms with E-state index in [1.807, 2.05) is 42.5 Å². The fraction of sp³-hybridized carbons (Fsp3) is 0.115. The van der Waals surface area contributed by atoms with Crippen molar-refractivity contribution in [3.8, 4) is 28.3 Å². The van der Waals surface area contributed by atoms with E-state index in [0.29, 0.717) is 39.6 Å². The highest BCUT2D eigenvalue weighted by Crippen LogP contribution is 2.33. The molecule has 0 fully saturated rings. The molecular formula is C26H23N3O4. The number of anilines is 1. The zero-order chi connectivity index (χ0) is 23.4. The maximum absolute atomic E-state index is 13.3. The molecule has 0 aliphatic heterocycles. The van der Waals surface area contributed by atoms with Crippen molar-refractivity contribution in [3.63, 3.8) is 0 Å². The van der Waals surface area contributed by atoms with Gasteiger partial charge >= 0.3 is 0 Å². The minimum atomic E-state index is -0.386. The van der Waals surface area contributed by atoms with Crippen molar-refractivity contribution in [1.29, 1.82) is 0 Å². The Morgan fingerprint density at radius 3 is 2.21 bits per heavy atom. The van der Waals surface area contributed by atoms with Gasteiger partial charge in [0, 0.05) is 11.1 Å². The summed E-state index contributed by atoms with van der Waals surface area (Å²) in [5, 5.41) is 7.40. The summed E-state index contributed by atoms with van der Waals surface area (Å²) >= 11 is 0. The van der Waals surface area contributed by atoms with Crippen molar-refractivity contribution < 1.29 is 14.3 Å². The summed E-state index contributed by atoms with van der Waals surface area (Å²) in [6, 6.07) is 23.2. The lowest BCUT2D eigenvalue weighted by atomic mass is 10.0. The molecule has 7 nitrogen and oxygen atoms in total. The first-order valence-electron chi connectivity index (χ1n) is 10.3. The van der Waals surface area contributed by atoms with Crippen LogP contribution in [0.3, 0.4) is 0 Å². The van der Waals surface area contributed by atoms with Gasteiger partial charge in [-0.05, 0) is 49.4 Å². The van der Waals surface area contributed by atoms with E-state index >= 15 is 0 Å². The highest BCUT2D eigenvalue weighted by molar-refractivity contribution is 6.06. The minimum Gasteiger partial charge on any atom is -0.497 e. The summed E-state index contributed by atoms with van der Waals surface area (Å²) < 4.78 is 12.3. The van der Waals surface area contributed by atoms with Crippen molar-refractivity contribution in [1.82, 2.24) is 9.78 Å². The Labute approximate surface area is 191 Å². The van der Waals surface area contributed by atoms with Crippen LogP contribution in [-0.2, 0) is 0 Å². The van der Waals surface area contributed by atoms with Gasteiger partial charge in [0.15, 0.2) is 0 Å². The lowest BCUT2D eigenvalue weighted by molar-refractivity contribution is 0.102. The predicted molar refractivity (Wildman–Crippen MR) is 128 cm³/mol. The first-order chi connectivity index (χ1) is 16.0. The Morgan fingerprint density at radius 2 is 1.55 bits per heavy atom. The molecule has 0 radical (unpaired) electrons. The summed E-state index contributed by atoms with van der Waals surface area (Å²) in [6.45, 7) is 1.65. The number of methoxy groups -OCH3 is 2. The standard InChI is InChI=1S/C26H23N3O4/c1-17-24(30)23(21-11-7-8-12-22(21)33-3)25(29(28-17)19-9-5-4-6-10-19)27-26(31)18-13-15-20(32-2)16-14-18/h4-16H,1-3H3,(H,27,31). The third-order valence-electron chi connectivity index (χ3n) is 5.22. The zero-order valence-electron chi connectivity index (χ0n) is 18.5. The van der Waals surface area contributed by atoms with Crippen LogP contribution in [0.2, 0.25) is 0 Å². The second-order valence-corrected chi connectivity index (χ2v) is 7.27. The summed E-state index contributed by atoms with van der Waals surface area (Å²) in [6.07, 6.45) is 0. The molecule has 0 unspecified atom stereocenters. The number of rotatable bonds is 6. The monoisotopic (exact) mass is 441 g/mol. The molecule has 1 amide bonds. The fourth-order valence-electron chi connectivity index (χ4n) is 3.53. The van der Waals surface area contributed by atoms with Crippen LogP contribution in [0.5, 0.6) is 11.5 Å². The molecule has 1 N–H and O–H groups in total. The molecule has 0 bridgehead atoms. The van der Waals surface area contributed by atoms with Crippen LogP contribution in [0, 0.1) is 6.92 Å². The number of carbonyl (C=O) groups excluding carboxylic acids is 1. The van der Waals surface area contributed by atoms with Gasteiger partial charge in [-0.25, -0.2) is 4.68 Å². The maximum Gasteiger partial charge on any atom is 0.256 e. The second kappa shape index (κ2) is 9.40. The predicted octanol–water partition coefficient (Wildman–Crippen LogP) is 4.48. The van der Waals surface area contributed by atoms with Gasteiger partial charge < -0.3 is 14.8 Å². The maximum atomic E-state index is 13.3. The average Bonchev–Trinajstić information content (AvgIpc) is 2.87. The smallest absolute Gasteiger partial charge is 0.256 e. The summed E-state index contributed by atoms with van der Waals surface area (Å²) in [5.41, 5.74) is 1.96. The Hall–Kier alpha value is -4.39. The first-order valence-corrected chi connectivity index (χ1v) is 10.3. The average molecular weight is 441 g/mol. The SMILES string of the molecule is COc1ccc(C(=O)Nc2c(-c3ccccc3OC)c(=O)c(C)nn2-c2ccccc2)cc1. The number of ether oxygens (including phenoxy) is 2. The van der Waals surface area contributed by atoms with E-state index in [4.69, 9.17) is 9.47 Å². The van der Waals surface area contributed by atoms with E-state index in [9.17, 15) is 9.59 Å². The number of aromatic nitrogens is 2. The number of benzene rings is 3. The van der Waals surface area contributed by atoms with E-state index in [-0.39, 0.29) is 17.2 Å². The number of amides is 1. The van der Waals surface area contributed by atoms with Gasteiger partial charge in [-0.15, -0.1) is 0 Å². The lowest BCUT2D eigenvalue weighted by Gasteiger charge is -2.19. The minimum absolute atomic E-state index is 0.252. The van der Waals surface area contributed by atoms with E-state index in [1.54, 1.807) is 55.1 Å². The molecule has 33 heavy (non-hydrogen) atoms. The molecule has 0 atom stereocenters. The van der Waals surface area contributed by atoms with Gasteiger partial charge in [-0.3, -0.25) is 9.59 Å². The molecule has 4 aromatic rings. The van der Waals surface area contributed by atoms with Gasteiger partial charge in [0.1, 0.15) is 23.0 Å². The number of carbonyl (C=O) groups is 1. The second-order valence-electron chi connectivity index (χ2n) is 7.27. The molecule has 4 rings (SSSR count). The number of nitrogens with one attached hydrogen (secondary N) is 1. The fourth-order valence-corrected chi connectivity index (χ4v) is 3.53. The van der Waals surface area contributed by atoms with Crippen molar-refractivity contribution >= 4 is 11.7 Å². The van der Waals surface area contributed by atoms with E-state index < -0.39 is 0 Å². The van der Waals surface area contributed by atoms with Crippen LogP contribution >= 0.6 is 0 Å². The Kier molecular flexibility index (Phi) is 6.22. The van der Waals surface area contributed by atoms with Crippen molar-refractivity contribution in [2.24, 2.45) is 0 Å². The third kappa shape index (κ3) is 4.34.